The zero-order valence-corrected chi connectivity index (χ0v) is 19.8. The Morgan fingerprint density at radius 2 is 1.87 bits per heavy atom. The van der Waals surface area contributed by atoms with Crippen LogP contribution in [0.1, 0.15) is 29.3 Å². The molecule has 0 atom stereocenters. The number of aromatic hydroxyl groups is 1. The Labute approximate surface area is 195 Å². The van der Waals surface area contributed by atoms with E-state index in [9.17, 15) is 9.90 Å². The number of benzene rings is 2. The van der Waals surface area contributed by atoms with E-state index in [1.165, 1.54) is 12.1 Å². The van der Waals surface area contributed by atoms with Gasteiger partial charge in [-0.05, 0) is 49.6 Å². The van der Waals surface area contributed by atoms with Crippen molar-refractivity contribution in [1.82, 2.24) is 16.0 Å². The van der Waals surface area contributed by atoms with Gasteiger partial charge in [0.1, 0.15) is 11.5 Å². The molecule has 2 aromatic rings. The summed E-state index contributed by atoms with van der Waals surface area (Å²) in [5.74, 6) is 1.52. The number of phenolic OH excluding ortho intramolecular Hbond substituents is 1. The lowest BCUT2D eigenvalue weighted by Gasteiger charge is -2.13. The summed E-state index contributed by atoms with van der Waals surface area (Å²) in [4.78, 5) is 16.6. The second-order valence-electron chi connectivity index (χ2n) is 6.41. The number of phenols is 1. The summed E-state index contributed by atoms with van der Waals surface area (Å²) >= 11 is 0. The third kappa shape index (κ3) is 8.89. The number of methoxy groups -OCH3 is 1. The van der Waals surface area contributed by atoms with Gasteiger partial charge in [0.05, 0.1) is 7.11 Å². The monoisotopic (exact) mass is 526 g/mol. The Bertz CT molecular complexity index is 814. The number of carbonyl (C=O) groups is 1. The number of rotatable bonds is 10. The highest BCUT2D eigenvalue weighted by atomic mass is 127. The van der Waals surface area contributed by atoms with E-state index in [1.807, 2.05) is 25.1 Å². The Hall–Kier alpha value is -2.49. The molecule has 0 fully saturated rings. The van der Waals surface area contributed by atoms with Gasteiger partial charge in [0.2, 0.25) is 0 Å². The summed E-state index contributed by atoms with van der Waals surface area (Å²) in [7, 11) is 1.68. The first kappa shape index (κ1) is 25.5. The van der Waals surface area contributed by atoms with Crippen LogP contribution in [0, 0.1) is 0 Å². The second-order valence-corrected chi connectivity index (χ2v) is 6.41. The Morgan fingerprint density at radius 1 is 1.07 bits per heavy atom. The first-order valence-electron chi connectivity index (χ1n) is 9.85. The molecule has 30 heavy (non-hydrogen) atoms. The molecule has 4 N–H and O–H groups in total. The van der Waals surface area contributed by atoms with Crippen LogP contribution in [-0.2, 0) is 6.42 Å². The number of hydrogen-bond acceptors (Lipinski definition) is 4. The maximum Gasteiger partial charge on any atom is 0.251 e. The highest BCUT2D eigenvalue weighted by Crippen LogP contribution is 2.17. The molecule has 0 heterocycles. The molecule has 0 saturated carbocycles. The van der Waals surface area contributed by atoms with Gasteiger partial charge in [-0.2, -0.15) is 0 Å². The summed E-state index contributed by atoms with van der Waals surface area (Å²) in [6.07, 6.45) is 1.54. The number of guanidine groups is 1. The standard InChI is InChI=1S/C22H30N4O3.HI/c1-3-23-22(26-15-12-17-8-4-5-11-20(17)29-2)25-14-7-13-24-21(28)18-9-6-10-19(27)16-18;/h4-6,8-11,16,27H,3,7,12-15H2,1-2H3,(H,24,28)(H2,23,25,26);1H. The average Bonchev–Trinajstić information content (AvgIpc) is 2.73. The molecule has 0 spiro atoms. The number of carbonyl (C=O) groups excluding carboxylic acids is 1. The molecule has 164 valence electrons. The van der Waals surface area contributed by atoms with E-state index in [-0.39, 0.29) is 35.6 Å². The number of halogens is 1. The minimum Gasteiger partial charge on any atom is -0.508 e. The minimum atomic E-state index is -0.202. The molecule has 2 aromatic carbocycles. The van der Waals surface area contributed by atoms with Crippen molar-refractivity contribution in [2.75, 3.05) is 33.3 Å². The molecule has 0 aliphatic carbocycles. The van der Waals surface area contributed by atoms with Crippen LogP contribution in [0.15, 0.2) is 53.5 Å². The van der Waals surface area contributed by atoms with Crippen LogP contribution in [0.2, 0.25) is 0 Å². The van der Waals surface area contributed by atoms with Crippen LogP contribution in [-0.4, -0.2) is 50.3 Å². The summed E-state index contributed by atoms with van der Waals surface area (Å²) in [6, 6.07) is 14.3. The number of para-hydroxylation sites is 1. The van der Waals surface area contributed by atoms with Gasteiger partial charge in [-0.25, -0.2) is 0 Å². The molecule has 7 nitrogen and oxygen atoms in total. The lowest BCUT2D eigenvalue weighted by molar-refractivity contribution is 0.0953. The molecule has 0 aliphatic heterocycles. The minimum absolute atomic E-state index is 0. The zero-order valence-electron chi connectivity index (χ0n) is 17.5. The van der Waals surface area contributed by atoms with Crippen molar-refractivity contribution in [2.45, 2.75) is 19.8 Å². The van der Waals surface area contributed by atoms with Gasteiger partial charge in [-0.1, -0.05) is 24.3 Å². The molecule has 0 bridgehead atoms. The van der Waals surface area contributed by atoms with Gasteiger partial charge < -0.3 is 25.8 Å². The van der Waals surface area contributed by atoms with E-state index >= 15 is 0 Å². The molecule has 0 aliphatic rings. The third-order valence-electron chi connectivity index (χ3n) is 4.22. The highest BCUT2D eigenvalue weighted by molar-refractivity contribution is 14.0. The Balaban J connectivity index is 0.00000450. The van der Waals surface area contributed by atoms with E-state index in [4.69, 9.17) is 4.74 Å². The van der Waals surface area contributed by atoms with E-state index < -0.39 is 0 Å². The van der Waals surface area contributed by atoms with Crippen LogP contribution in [0.5, 0.6) is 11.5 Å². The number of ether oxygens (including phenoxy) is 1. The summed E-state index contributed by atoms with van der Waals surface area (Å²) in [5.41, 5.74) is 1.59. The van der Waals surface area contributed by atoms with E-state index in [0.717, 1.165) is 36.8 Å². The quantitative estimate of drug-likeness (QED) is 0.165. The average molecular weight is 526 g/mol. The molecule has 0 saturated heterocycles. The van der Waals surface area contributed by atoms with E-state index in [1.54, 1.807) is 19.2 Å². The Kier molecular flexibility index (Phi) is 12.3. The maximum absolute atomic E-state index is 12.0. The predicted molar refractivity (Wildman–Crippen MR) is 131 cm³/mol. The topological polar surface area (TPSA) is 95.0 Å². The van der Waals surface area contributed by atoms with Crippen molar-refractivity contribution >= 4 is 35.8 Å². The molecule has 2 rings (SSSR count). The smallest absolute Gasteiger partial charge is 0.251 e. The van der Waals surface area contributed by atoms with Crippen molar-refractivity contribution in [3.05, 3.63) is 59.7 Å². The van der Waals surface area contributed by atoms with Crippen molar-refractivity contribution in [1.29, 1.82) is 0 Å². The normalized spacial score (nSPS) is 10.7. The number of nitrogens with zero attached hydrogens (tertiary/aromatic N) is 1. The van der Waals surface area contributed by atoms with Crippen molar-refractivity contribution in [2.24, 2.45) is 4.99 Å². The SMILES string of the molecule is CCNC(=NCCCNC(=O)c1cccc(O)c1)NCCc1ccccc1OC.I. The summed E-state index contributed by atoms with van der Waals surface area (Å²) in [6.45, 7) is 4.63. The lowest BCUT2D eigenvalue weighted by Crippen LogP contribution is -2.38. The fraction of sp³-hybridized carbons (Fsp3) is 0.364. The van der Waals surface area contributed by atoms with Crippen molar-refractivity contribution in [3.8, 4) is 11.5 Å². The first-order valence-corrected chi connectivity index (χ1v) is 9.85. The van der Waals surface area contributed by atoms with Crippen molar-refractivity contribution < 1.29 is 14.6 Å². The summed E-state index contributed by atoms with van der Waals surface area (Å²) in [5, 5.41) is 18.8. The molecule has 1 amide bonds. The zero-order chi connectivity index (χ0) is 20.9. The molecule has 0 radical (unpaired) electrons. The van der Waals surface area contributed by atoms with E-state index in [0.29, 0.717) is 25.1 Å². The number of hydrogen-bond donors (Lipinski definition) is 4. The van der Waals surface area contributed by atoms with Gasteiger partial charge in [-0.3, -0.25) is 9.79 Å². The lowest BCUT2D eigenvalue weighted by atomic mass is 10.1. The fourth-order valence-electron chi connectivity index (χ4n) is 2.79. The van der Waals surface area contributed by atoms with Crippen LogP contribution < -0.4 is 20.7 Å². The third-order valence-corrected chi connectivity index (χ3v) is 4.22. The van der Waals surface area contributed by atoms with Gasteiger partial charge in [0, 0.05) is 31.7 Å². The first-order chi connectivity index (χ1) is 14.1. The molecule has 8 heteroatoms. The second kappa shape index (κ2) is 14.5. The van der Waals surface area contributed by atoms with Gasteiger partial charge >= 0.3 is 0 Å². The van der Waals surface area contributed by atoms with Crippen LogP contribution in [0.25, 0.3) is 0 Å². The maximum atomic E-state index is 12.0. The predicted octanol–water partition coefficient (Wildman–Crippen LogP) is 2.94. The molecular weight excluding hydrogens is 495 g/mol. The summed E-state index contributed by atoms with van der Waals surface area (Å²) < 4.78 is 5.38. The van der Waals surface area contributed by atoms with Crippen LogP contribution in [0.3, 0.4) is 0 Å². The molecular formula is C22H31IN4O3. The van der Waals surface area contributed by atoms with E-state index in [2.05, 4.69) is 27.0 Å². The highest BCUT2D eigenvalue weighted by Gasteiger charge is 2.05. The van der Waals surface area contributed by atoms with Gasteiger partial charge in [0.25, 0.3) is 5.91 Å². The van der Waals surface area contributed by atoms with Gasteiger partial charge in [0.15, 0.2) is 5.96 Å². The number of nitrogens with one attached hydrogen (secondary N) is 3. The molecule has 0 unspecified atom stereocenters. The van der Waals surface area contributed by atoms with Crippen molar-refractivity contribution in [3.63, 3.8) is 0 Å². The van der Waals surface area contributed by atoms with Gasteiger partial charge in [-0.15, -0.1) is 24.0 Å². The number of aliphatic imine (C=N–C) groups is 1. The Morgan fingerprint density at radius 3 is 2.60 bits per heavy atom. The largest absolute Gasteiger partial charge is 0.508 e. The number of amides is 1. The van der Waals surface area contributed by atoms with Crippen LogP contribution in [0.4, 0.5) is 0 Å². The van der Waals surface area contributed by atoms with Crippen LogP contribution >= 0.6 is 24.0 Å². The fourth-order valence-corrected chi connectivity index (χ4v) is 2.79. The molecule has 0 aromatic heterocycles.